The fourth-order valence-corrected chi connectivity index (χ4v) is 2.42. The SMILES string of the molecule is CN1CCNCC1CNCCN1CCOCC1. The van der Waals surface area contributed by atoms with Gasteiger partial charge in [0.05, 0.1) is 13.2 Å². The van der Waals surface area contributed by atoms with Crippen LogP contribution in [0.1, 0.15) is 0 Å². The Kier molecular flexibility index (Phi) is 5.67. The summed E-state index contributed by atoms with van der Waals surface area (Å²) in [5.41, 5.74) is 0. The van der Waals surface area contributed by atoms with Crippen molar-refractivity contribution in [2.45, 2.75) is 6.04 Å². The second-order valence-corrected chi connectivity index (χ2v) is 5.00. The van der Waals surface area contributed by atoms with Crippen LogP contribution in [0.2, 0.25) is 0 Å². The molecule has 2 aliphatic heterocycles. The summed E-state index contributed by atoms with van der Waals surface area (Å²) >= 11 is 0. The third-order valence-corrected chi connectivity index (χ3v) is 3.73. The number of hydrogen-bond donors (Lipinski definition) is 2. The zero-order valence-corrected chi connectivity index (χ0v) is 11.0. The summed E-state index contributed by atoms with van der Waals surface area (Å²) in [6.07, 6.45) is 0. The maximum atomic E-state index is 5.34. The first-order valence-electron chi connectivity index (χ1n) is 6.78. The van der Waals surface area contributed by atoms with Gasteiger partial charge in [-0.3, -0.25) is 9.80 Å². The molecule has 0 spiro atoms. The van der Waals surface area contributed by atoms with E-state index in [0.29, 0.717) is 6.04 Å². The molecule has 0 saturated carbocycles. The van der Waals surface area contributed by atoms with Gasteiger partial charge in [-0.1, -0.05) is 0 Å². The molecule has 0 amide bonds. The quantitative estimate of drug-likeness (QED) is 0.594. The molecule has 0 aliphatic carbocycles. The van der Waals surface area contributed by atoms with Crippen molar-refractivity contribution in [2.24, 2.45) is 0 Å². The molecule has 0 aromatic carbocycles. The van der Waals surface area contributed by atoms with E-state index >= 15 is 0 Å². The number of morpholine rings is 1. The summed E-state index contributed by atoms with van der Waals surface area (Å²) < 4.78 is 5.34. The standard InChI is InChI=1S/C12H26N4O/c1-15-4-2-13-10-12(15)11-14-3-5-16-6-8-17-9-7-16/h12-14H,2-11H2,1H3. The summed E-state index contributed by atoms with van der Waals surface area (Å²) in [5.74, 6) is 0. The van der Waals surface area contributed by atoms with Gasteiger partial charge in [0, 0.05) is 58.4 Å². The molecular weight excluding hydrogens is 216 g/mol. The Hall–Kier alpha value is -0.200. The highest BCUT2D eigenvalue weighted by Gasteiger charge is 2.17. The van der Waals surface area contributed by atoms with Crippen LogP contribution < -0.4 is 10.6 Å². The predicted octanol–water partition coefficient (Wildman–Crippen LogP) is -1.19. The highest BCUT2D eigenvalue weighted by molar-refractivity contribution is 4.79. The highest BCUT2D eigenvalue weighted by atomic mass is 16.5. The van der Waals surface area contributed by atoms with Crippen molar-refractivity contribution >= 4 is 0 Å². The van der Waals surface area contributed by atoms with Gasteiger partial charge in [0.15, 0.2) is 0 Å². The van der Waals surface area contributed by atoms with Gasteiger partial charge in [0.25, 0.3) is 0 Å². The molecule has 2 saturated heterocycles. The Balaban J connectivity index is 1.53. The second-order valence-electron chi connectivity index (χ2n) is 5.00. The van der Waals surface area contributed by atoms with E-state index in [1.165, 1.54) is 0 Å². The molecule has 0 radical (unpaired) electrons. The number of hydrogen-bond acceptors (Lipinski definition) is 5. The maximum Gasteiger partial charge on any atom is 0.0594 e. The van der Waals surface area contributed by atoms with Gasteiger partial charge in [-0.15, -0.1) is 0 Å². The molecule has 17 heavy (non-hydrogen) atoms. The largest absolute Gasteiger partial charge is 0.379 e. The Morgan fingerprint density at radius 1 is 1.29 bits per heavy atom. The van der Waals surface area contributed by atoms with E-state index in [9.17, 15) is 0 Å². The molecule has 5 nitrogen and oxygen atoms in total. The van der Waals surface area contributed by atoms with E-state index < -0.39 is 0 Å². The van der Waals surface area contributed by atoms with Crippen molar-refractivity contribution in [3.8, 4) is 0 Å². The highest BCUT2D eigenvalue weighted by Crippen LogP contribution is 1.98. The number of piperazine rings is 1. The first-order valence-corrected chi connectivity index (χ1v) is 6.78. The van der Waals surface area contributed by atoms with Gasteiger partial charge in [-0.2, -0.15) is 0 Å². The monoisotopic (exact) mass is 242 g/mol. The maximum absolute atomic E-state index is 5.34. The summed E-state index contributed by atoms with van der Waals surface area (Å²) in [7, 11) is 2.22. The van der Waals surface area contributed by atoms with Crippen LogP contribution in [0.5, 0.6) is 0 Å². The minimum Gasteiger partial charge on any atom is -0.379 e. The van der Waals surface area contributed by atoms with Crippen molar-refractivity contribution in [3.05, 3.63) is 0 Å². The normalized spacial score (nSPS) is 28.4. The number of nitrogens with one attached hydrogen (secondary N) is 2. The van der Waals surface area contributed by atoms with E-state index in [1.54, 1.807) is 0 Å². The molecule has 1 unspecified atom stereocenters. The van der Waals surface area contributed by atoms with E-state index in [0.717, 1.165) is 65.6 Å². The summed E-state index contributed by atoms with van der Waals surface area (Å²) in [6, 6.07) is 0.647. The van der Waals surface area contributed by atoms with Crippen LogP contribution >= 0.6 is 0 Å². The number of rotatable bonds is 5. The lowest BCUT2D eigenvalue weighted by atomic mass is 10.2. The average molecular weight is 242 g/mol. The summed E-state index contributed by atoms with van der Waals surface area (Å²) in [5, 5.41) is 7.02. The summed E-state index contributed by atoms with van der Waals surface area (Å²) in [4.78, 5) is 4.91. The number of ether oxygens (including phenoxy) is 1. The molecule has 0 aromatic heterocycles. The second kappa shape index (κ2) is 7.28. The van der Waals surface area contributed by atoms with Gasteiger partial charge in [0.1, 0.15) is 0 Å². The van der Waals surface area contributed by atoms with Crippen LogP contribution in [0.25, 0.3) is 0 Å². The zero-order chi connectivity index (χ0) is 11.9. The molecule has 2 rings (SSSR count). The van der Waals surface area contributed by atoms with Gasteiger partial charge >= 0.3 is 0 Å². The van der Waals surface area contributed by atoms with Crippen LogP contribution in [0, 0.1) is 0 Å². The molecule has 2 heterocycles. The van der Waals surface area contributed by atoms with Crippen molar-refractivity contribution in [1.82, 2.24) is 20.4 Å². The van der Waals surface area contributed by atoms with Gasteiger partial charge in [-0.05, 0) is 7.05 Å². The molecular formula is C12H26N4O. The molecule has 2 fully saturated rings. The molecule has 0 bridgehead atoms. The third-order valence-electron chi connectivity index (χ3n) is 3.73. The third kappa shape index (κ3) is 4.52. The fourth-order valence-electron chi connectivity index (χ4n) is 2.42. The lowest BCUT2D eigenvalue weighted by Crippen LogP contribution is -2.53. The van der Waals surface area contributed by atoms with Crippen LogP contribution in [0.3, 0.4) is 0 Å². The van der Waals surface area contributed by atoms with Gasteiger partial charge in [-0.25, -0.2) is 0 Å². The van der Waals surface area contributed by atoms with Crippen molar-refractivity contribution in [1.29, 1.82) is 0 Å². The lowest BCUT2D eigenvalue weighted by Gasteiger charge is -2.33. The van der Waals surface area contributed by atoms with E-state index in [-0.39, 0.29) is 0 Å². The first-order chi connectivity index (χ1) is 8.36. The van der Waals surface area contributed by atoms with Gasteiger partial charge in [0.2, 0.25) is 0 Å². The summed E-state index contributed by atoms with van der Waals surface area (Å²) in [6.45, 7) is 10.7. The van der Waals surface area contributed by atoms with Crippen LogP contribution in [0.4, 0.5) is 0 Å². The molecule has 2 N–H and O–H groups in total. The molecule has 2 aliphatic rings. The Bertz CT molecular complexity index is 209. The van der Waals surface area contributed by atoms with Crippen LogP contribution in [-0.4, -0.2) is 88.5 Å². The van der Waals surface area contributed by atoms with Gasteiger partial charge < -0.3 is 15.4 Å². The fraction of sp³-hybridized carbons (Fsp3) is 1.00. The van der Waals surface area contributed by atoms with E-state index in [4.69, 9.17) is 4.74 Å². The molecule has 1 atom stereocenters. The Labute approximate surface area is 104 Å². The average Bonchev–Trinajstić information content (AvgIpc) is 2.38. The first kappa shape index (κ1) is 13.2. The minimum atomic E-state index is 0.647. The van der Waals surface area contributed by atoms with Crippen molar-refractivity contribution in [3.63, 3.8) is 0 Å². The van der Waals surface area contributed by atoms with Crippen molar-refractivity contribution < 1.29 is 4.74 Å². The van der Waals surface area contributed by atoms with E-state index in [2.05, 4.69) is 27.5 Å². The topological polar surface area (TPSA) is 39.8 Å². The molecule has 0 aromatic rings. The zero-order valence-electron chi connectivity index (χ0n) is 11.0. The lowest BCUT2D eigenvalue weighted by molar-refractivity contribution is 0.0382. The molecule has 100 valence electrons. The van der Waals surface area contributed by atoms with Crippen LogP contribution in [0.15, 0.2) is 0 Å². The van der Waals surface area contributed by atoms with E-state index in [1.807, 2.05) is 0 Å². The Morgan fingerprint density at radius 3 is 2.88 bits per heavy atom. The van der Waals surface area contributed by atoms with Crippen molar-refractivity contribution in [2.75, 3.05) is 72.6 Å². The minimum absolute atomic E-state index is 0.647. The van der Waals surface area contributed by atoms with Crippen LogP contribution in [-0.2, 0) is 4.74 Å². The molecule has 5 heteroatoms. The number of likely N-dealkylation sites (N-methyl/N-ethyl adjacent to an activating group) is 1. The predicted molar refractivity (Wildman–Crippen MR) is 69.4 cm³/mol. The smallest absolute Gasteiger partial charge is 0.0594 e. The Morgan fingerprint density at radius 2 is 2.12 bits per heavy atom. The number of nitrogens with zero attached hydrogens (tertiary/aromatic N) is 2.